The lowest BCUT2D eigenvalue weighted by molar-refractivity contribution is 0.467. The Hall–Kier alpha value is 1.16. The third-order valence-electron chi connectivity index (χ3n) is 4.19. The second-order valence-electron chi connectivity index (χ2n) is 4.90. The van der Waals surface area contributed by atoms with Crippen molar-refractivity contribution in [2.24, 2.45) is 23.7 Å². The Morgan fingerprint density at radius 3 is 1.43 bits per heavy atom. The van der Waals surface area contributed by atoms with Crippen molar-refractivity contribution in [3.8, 4) is 0 Å². The van der Waals surface area contributed by atoms with E-state index in [1.54, 1.807) is 0 Å². The highest BCUT2D eigenvalue weighted by Gasteiger charge is 2.78. The third-order valence-corrected chi connectivity index (χ3v) is 6.32. The Morgan fingerprint density at radius 2 is 1.07 bits per heavy atom. The molecule has 0 aromatic rings. The minimum atomic E-state index is -0.529. The lowest BCUT2D eigenvalue weighted by Gasteiger charge is -2.03. The first kappa shape index (κ1) is 10.3. The summed E-state index contributed by atoms with van der Waals surface area (Å²) in [4.78, 5) is 0. The number of hydrogen-bond donors (Lipinski definition) is 0. The summed E-state index contributed by atoms with van der Waals surface area (Å²) >= 11 is 25.0. The quantitative estimate of drug-likeness (QED) is 0.574. The van der Waals surface area contributed by atoms with Gasteiger partial charge < -0.3 is 0 Å². The number of alkyl halides is 4. The average molecular weight is 274 g/mol. The summed E-state index contributed by atoms with van der Waals surface area (Å²) in [5.41, 5.74) is 0. The highest BCUT2D eigenvalue weighted by Crippen LogP contribution is 2.77. The van der Waals surface area contributed by atoms with Crippen LogP contribution < -0.4 is 0 Å². The predicted octanol–water partition coefficient (Wildman–Crippen LogP) is 4.40. The largest absolute Gasteiger partial charge is 0.125 e. The number of rotatable bonds is 0. The van der Waals surface area contributed by atoms with Gasteiger partial charge in [-0.05, 0) is 24.7 Å². The van der Waals surface area contributed by atoms with E-state index in [1.807, 2.05) is 0 Å². The molecule has 3 aliphatic rings. The van der Waals surface area contributed by atoms with Gasteiger partial charge in [0.05, 0.1) is 0 Å². The molecule has 0 saturated heterocycles. The van der Waals surface area contributed by atoms with Crippen LogP contribution in [0, 0.1) is 23.7 Å². The van der Waals surface area contributed by atoms with Gasteiger partial charge in [0.2, 0.25) is 0 Å². The van der Waals surface area contributed by atoms with E-state index in [-0.39, 0.29) is 0 Å². The molecule has 0 aromatic carbocycles. The van der Waals surface area contributed by atoms with Crippen LogP contribution in [0.25, 0.3) is 0 Å². The molecule has 0 bridgehead atoms. The van der Waals surface area contributed by atoms with Crippen LogP contribution in [-0.4, -0.2) is 8.67 Å². The van der Waals surface area contributed by atoms with Gasteiger partial charge >= 0.3 is 0 Å². The molecule has 3 rings (SSSR count). The molecule has 0 heterocycles. The van der Waals surface area contributed by atoms with E-state index >= 15 is 0 Å². The smallest absolute Gasteiger partial charge is 0.101 e. The molecular formula is C10H12Cl4. The Bertz CT molecular complexity index is 245. The van der Waals surface area contributed by atoms with Gasteiger partial charge in [-0.25, -0.2) is 0 Å². The van der Waals surface area contributed by atoms with E-state index in [2.05, 4.69) is 0 Å². The molecule has 3 saturated carbocycles. The number of hydrogen-bond acceptors (Lipinski definition) is 0. The summed E-state index contributed by atoms with van der Waals surface area (Å²) in [7, 11) is 0. The molecule has 4 atom stereocenters. The van der Waals surface area contributed by atoms with E-state index in [1.165, 1.54) is 12.8 Å². The monoisotopic (exact) mass is 272 g/mol. The lowest BCUT2D eigenvalue weighted by Crippen LogP contribution is -1.98. The van der Waals surface area contributed by atoms with Crippen molar-refractivity contribution in [3.63, 3.8) is 0 Å². The van der Waals surface area contributed by atoms with Crippen LogP contribution in [0.1, 0.15) is 25.7 Å². The zero-order chi connectivity index (χ0) is 10.1. The van der Waals surface area contributed by atoms with E-state index in [0.717, 1.165) is 12.8 Å². The van der Waals surface area contributed by atoms with Crippen molar-refractivity contribution in [1.82, 2.24) is 0 Å². The van der Waals surface area contributed by atoms with Crippen LogP contribution >= 0.6 is 46.4 Å². The summed E-state index contributed by atoms with van der Waals surface area (Å²) in [6, 6.07) is 0. The van der Waals surface area contributed by atoms with Gasteiger partial charge in [0.25, 0.3) is 0 Å². The molecule has 3 fully saturated rings. The second-order valence-corrected chi connectivity index (χ2v) is 7.79. The van der Waals surface area contributed by atoms with Crippen molar-refractivity contribution >= 4 is 46.4 Å². The Balaban J connectivity index is 1.85. The second kappa shape index (κ2) is 2.88. The van der Waals surface area contributed by atoms with Crippen molar-refractivity contribution in [3.05, 3.63) is 0 Å². The standard InChI is InChI=1S/C10H12Cl4/c11-9(12)5-3-1-2-4-6-8(7(5)9)10(6,13)14/h5-8H,1-4H2/t5-,6-,7-,8+/m0/s1. The van der Waals surface area contributed by atoms with Crippen molar-refractivity contribution in [2.45, 2.75) is 34.3 Å². The van der Waals surface area contributed by atoms with Crippen LogP contribution in [-0.2, 0) is 0 Å². The fourth-order valence-electron chi connectivity index (χ4n) is 3.28. The highest BCUT2D eigenvalue weighted by atomic mass is 35.5. The van der Waals surface area contributed by atoms with E-state index in [0.29, 0.717) is 23.7 Å². The number of fused-ring (bicyclic) bond motifs is 3. The third kappa shape index (κ3) is 1.21. The lowest BCUT2D eigenvalue weighted by atomic mass is 10.0. The van der Waals surface area contributed by atoms with E-state index in [9.17, 15) is 0 Å². The summed E-state index contributed by atoms with van der Waals surface area (Å²) in [5, 5.41) is 0. The molecular weight excluding hydrogens is 262 g/mol. The fraction of sp³-hybridized carbons (Fsp3) is 1.00. The molecule has 0 spiro atoms. The molecule has 4 heteroatoms. The maximum Gasteiger partial charge on any atom is 0.125 e. The van der Waals surface area contributed by atoms with Gasteiger partial charge in [-0.2, -0.15) is 0 Å². The Morgan fingerprint density at radius 1 is 0.714 bits per heavy atom. The summed E-state index contributed by atoms with van der Waals surface area (Å²) in [5.74, 6) is 1.59. The first-order valence-electron chi connectivity index (χ1n) is 5.23. The Kier molecular flexibility index (Phi) is 2.13. The Labute approximate surface area is 104 Å². The van der Waals surface area contributed by atoms with Crippen LogP contribution in [0.3, 0.4) is 0 Å². The zero-order valence-electron chi connectivity index (χ0n) is 7.65. The molecule has 0 amide bonds. The predicted molar refractivity (Wildman–Crippen MR) is 61.3 cm³/mol. The van der Waals surface area contributed by atoms with E-state index in [4.69, 9.17) is 46.4 Å². The minimum absolute atomic E-state index is 0.353. The van der Waals surface area contributed by atoms with Crippen molar-refractivity contribution in [1.29, 1.82) is 0 Å². The van der Waals surface area contributed by atoms with Crippen molar-refractivity contribution < 1.29 is 0 Å². The van der Waals surface area contributed by atoms with Crippen LogP contribution in [0.15, 0.2) is 0 Å². The van der Waals surface area contributed by atoms with Crippen molar-refractivity contribution in [2.75, 3.05) is 0 Å². The van der Waals surface area contributed by atoms with Crippen LogP contribution in [0.2, 0.25) is 0 Å². The summed E-state index contributed by atoms with van der Waals surface area (Å²) in [6.45, 7) is 0. The SMILES string of the molecule is ClC1(Cl)[C@@H]2[C@H]3[C@H](CCCC[C@@H]21)C3(Cl)Cl. The molecule has 14 heavy (non-hydrogen) atoms. The maximum atomic E-state index is 6.26. The molecule has 0 radical (unpaired) electrons. The first-order chi connectivity index (χ1) is 6.47. The zero-order valence-corrected chi connectivity index (χ0v) is 10.7. The van der Waals surface area contributed by atoms with Gasteiger partial charge in [-0.1, -0.05) is 12.8 Å². The average Bonchev–Trinajstić information content (AvgIpc) is 2.67. The molecule has 0 aliphatic heterocycles. The minimum Gasteiger partial charge on any atom is -0.101 e. The molecule has 0 unspecified atom stereocenters. The fourth-order valence-corrected chi connectivity index (χ4v) is 5.16. The van der Waals surface area contributed by atoms with Gasteiger partial charge in [-0.3, -0.25) is 0 Å². The molecule has 80 valence electrons. The van der Waals surface area contributed by atoms with Gasteiger partial charge in [0.1, 0.15) is 8.67 Å². The summed E-state index contributed by atoms with van der Waals surface area (Å²) < 4.78 is -1.06. The molecule has 0 N–H and O–H groups in total. The number of halogens is 4. The highest BCUT2D eigenvalue weighted by molar-refractivity contribution is 6.53. The van der Waals surface area contributed by atoms with Gasteiger partial charge in [0, 0.05) is 11.8 Å². The van der Waals surface area contributed by atoms with E-state index < -0.39 is 8.67 Å². The van der Waals surface area contributed by atoms with Gasteiger partial charge in [-0.15, -0.1) is 46.4 Å². The topological polar surface area (TPSA) is 0 Å². The molecule has 0 aromatic heterocycles. The summed E-state index contributed by atoms with van der Waals surface area (Å²) in [6.07, 6.45) is 4.72. The van der Waals surface area contributed by atoms with Gasteiger partial charge in [0.15, 0.2) is 0 Å². The molecule has 0 nitrogen and oxygen atoms in total. The normalized spacial score (nSPS) is 52.3. The molecule has 3 aliphatic carbocycles. The maximum absolute atomic E-state index is 6.26. The van der Waals surface area contributed by atoms with Crippen LogP contribution in [0.4, 0.5) is 0 Å². The van der Waals surface area contributed by atoms with Crippen LogP contribution in [0.5, 0.6) is 0 Å². The first-order valence-corrected chi connectivity index (χ1v) is 6.74.